The van der Waals surface area contributed by atoms with Crippen LogP contribution in [0.25, 0.3) is 0 Å². The summed E-state index contributed by atoms with van der Waals surface area (Å²) in [7, 11) is -1.19. The van der Waals surface area contributed by atoms with E-state index in [-0.39, 0.29) is 11.8 Å². The minimum atomic E-state index is -1.19. The number of hydrogen-bond donors (Lipinski definition) is 1. The molecule has 2 atom stereocenters. The van der Waals surface area contributed by atoms with E-state index in [0.717, 1.165) is 37.1 Å². The quantitative estimate of drug-likeness (QED) is 0.761. The lowest BCUT2D eigenvalue weighted by molar-refractivity contribution is -0.126. The van der Waals surface area contributed by atoms with Gasteiger partial charge in [0.1, 0.15) is 11.0 Å². The molecular formula is C21H26N2O2S. The van der Waals surface area contributed by atoms with Gasteiger partial charge in [-0.3, -0.25) is 4.79 Å². The fraction of sp³-hybridized carbons (Fsp3) is 0.381. The number of rotatable bonds is 7. The summed E-state index contributed by atoms with van der Waals surface area (Å²) in [6.07, 6.45) is 3.67. The lowest BCUT2D eigenvalue weighted by Crippen LogP contribution is -2.43. The molecule has 0 saturated carbocycles. The maximum absolute atomic E-state index is 12.7. The van der Waals surface area contributed by atoms with Gasteiger partial charge in [0.2, 0.25) is 5.91 Å². The first kappa shape index (κ1) is 18.8. The fourth-order valence-electron chi connectivity index (χ4n) is 3.29. The summed E-state index contributed by atoms with van der Waals surface area (Å²) in [5.74, 6) is 0.0148. The average Bonchev–Trinajstić information content (AvgIpc) is 2.72. The van der Waals surface area contributed by atoms with Crippen molar-refractivity contribution in [3.05, 3.63) is 66.2 Å². The molecular weight excluding hydrogens is 344 g/mol. The molecule has 1 aliphatic heterocycles. The number of carbonyl (C=O) groups excluding carboxylic acids is 1. The highest BCUT2D eigenvalue weighted by molar-refractivity contribution is 7.82. The molecule has 1 amide bonds. The Labute approximate surface area is 158 Å². The minimum Gasteiger partial charge on any atom is -0.356 e. The van der Waals surface area contributed by atoms with Crippen LogP contribution in [0.5, 0.6) is 0 Å². The number of hydrogen-bond acceptors (Lipinski definition) is 2. The van der Waals surface area contributed by atoms with E-state index in [1.54, 1.807) is 0 Å². The maximum atomic E-state index is 12.7. The van der Waals surface area contributed by atoms with Crippen molar-refractivity contribution in [2.24, 2.45) is 5.92 Å². The van der Waals surface area contributed by atoms with Crippen molar-refractivity contribution in [2.75, 3.05) is 19.6 Å². The molecule has 3 rings (SSSR count). The summed E-state index contributed by atoms with van der Waals surface area (Å²) >= 11 is 0. The molecule has 0 spiro atoms. The summed E-state index contributed by atoms with van der Waals surface area (Å²) in [5, 5.41) is 3.06. The van der Waals surface area contributed by atoms with Gasteiger partial charge in [-0.2, -0.15) is 0 Å². The van der Waals surface area contributed by atoms with E-state index in [1.807, 2.05) is 52.8 Å². The van der Waals surface area contributed by atoms with E-state index in [1.165, 1.54) is 5.56 Å². The second-order valence-electron chi connectivity index (χ2n) is 6.67. The van der Waals surface area contributed by atoms with E-state index in [4.69, 9.17) is 0 Å². The number of nitrogens with one attached hydrogen (secondary N) is 1. The first-order chi connectivity index (χ1) is 12.7. The van der Waals surface area contributed by atoms with Gasteiger partial charge in [0.15, 0.2) is 0 Å². The Morgan fingerprint density at radius 2 is 1.77 bits per heavy atom. The van der Waals surface area contributed by atoms with Crippen LogP contribution in [-0.2, 0) is 22.2 Å². The normalized spacial score (nSPS) is 19.0. The lowest BCUT2D eigenvalue weighted by atomic mass is 9.99. The summed E-state index contributed by atoms with van der Waals surface area (Å²) in [4.78, 5) is 13.3. The van der Waals surface area contributed by atoms with Gasteiger partial charge in [0.05, 0.1) is 10.8 Å². The third-order valence-electron chi connectivity index (χ3n) is 4.72. The van der Waals surface area contributed by atoms with Gasteiger partial charge in [0.25, 0.3) is 0 Å². The summed E-state index contributed by atoms with van der Waals surface area (Å²) in [6, 6.07) is 19.8. The van der Waals surface area contributed by atoms with E-state index < -0.39 is 11.0 Å². The second kappa shape index (κ2) is 9.64. The van der Waals surface area contributed by atoms with Crippen LogP contribution in [0.1, 0.15) is 24.8 Å². The molecule has 1 heterocycles. The highest BCUT2D eigenvalue weighted by atomic mass is 32.2. The molecule has 0 bridgehead atoms. The van der Waals surface area contributed by atoms with Crippen molar-refractivity contribution in [2.45, 2.75) is 30.6 Å². The van der Waals surface area contributed by atoms with Gasteiger partial charge in [-0.15, -0.1) is 0 Å². The molecule has 4 nitrogen and oxygen atoms in total. The number of piperidine rings is 1. The van der Waals surface area contributed by atoms with Gasteiger partial charge >= 0.3 is 0 Å². The first-order valence-electron chi connectivity index (χ1n) is 9.27. The topological polar surface area (TPSA) is 49.4 Å². The largest absolute Gasteiger partial charge is 0.356 e. The predicted molar refractivity (Wildman–Crippen MR) is 105 cm³/mol. The van der Waals surface area contributed by atoms with Crippen molar-refractivity contribution < 1.29 is 9.00 Å². The van der Waals surface area contributed by atoms with Crippen LogP contribution in [0.4, 0.5) is 0 Å². The van der Waals surface area contributed by atoms with Crippen LogP contribution in [0.3, 0.4) is 0 Å². The van der Waals surface area contributed by atoms with E-state index in [0.29, 0.717) is 13.1 Å². The van der Waals surface area contributed by atoms with Crippen molar-refractivity contribution in [3.8, 4) is 0 Å². The Hall–Kier alpha value is -1.98. The lowest BCUT2D eigenvalue weighted by Gasteiger charge is -2.30. The van der Waals surface area contributed by atoms with Crippen LogP contribution in [0, 0.1) is 5.92 Å². The number of aryl methyl sites for hydroxylation is 1. The Morgan fingerprint density at radius 3 is 2.50 bits per heavy atom. The molecule has 0 aliphatic carbocycles. The monoisotopic (exact) mass is 370 g/mol. The van der Waals surface area contributed by atoms with Gasteiger partial charge in [-0.1, -0.05) is 48.5 Å². The number of benzene rings is 2. The summed E-state index contributed by atoms with van der Waals surface area (Å²) in [6.45, 7) is 2.03. The number of carbonyl (C=O) groups is 1. The van der Waals surface area contributed by atoms with E-state index in [2.05, 4.69) is 17.4 Å². The van der Waals surface area contributed by atoms with Crippen LogP contribution >= 0.6 is 0 Å². The molecule has 1 N–H and O–H groups in total. The third-order valence-corrected chi connectivity index (χ3v) is 6.19. The average molecular weight is 371 g/mol. The van der Waals surface area contributed by atoms with Crippen molar-refractivity contribution >= 4 is 16.9 Å². The van der Waals surface area contributed by atoms with Gasteiger partial charge in [0, 0.05) is 19.6 Å². The molecule has 5 heteroatoms. The molecule has 2 unspecified atom stereocenters. The predicted octanol–water partition coefficient (Wildman–Crippen LogP) is 3.17. The zero-order valence-electron chi connectivity index (χ0n) is 15.0. The number of amides is 1. The Bertz CT molecular complexity index is 721. The fourth-order valence-corrected chi connectivity index (χ4v) is 4.58. The van der Waals surface area contributed by atoms with Crippen molar-refractivity contribution in [1.82, 2.24) is 9.62 Å². The number of nitrogens with zero attached hydrogens (tertiary/aromatic N) is 1. The van der Waals surface area contributed by atoms with Crippen molar-refractivity contribution in [3.63, 3.8) is 0 Å². The Morgan fingerprint density at radius 1 is 1.08 bits per heavy atom. The van der Waals surface area contributed by atoms with Crippen molar-refractivity contribution in [1.29, 1.82) is 0 Å². The van der Waals surface area contributed by atoms with Crippen LogP contribution in [0.15, 0.2) is 65.6 Å². The smallest absolute Gasteiger partial charge is 0.224 e. The second-order valence-corrected chi connectivity index (χ2v) is 8.16. The standard InChI is InChI=1S/C21H26N2O2S/c24-21(22-15-7-11-18-9-3-1-4-10-18)19-12-8-16-23(17-19)26(25)20-13-5-2-6-14-20/h1-6,9-10,13-14,19H,7-8,11-12,15-17H2,(H,22,24). The minimum absolute atomic E-state index is 0.0758. The molecule has 1 saturated heterocycles. The molecule has 2 aromatic carbocycles. The maximum Gasteiger partial charge on any atom is 0.224 e. The molecule has 0 radical (unpaired) electrons. The van der Waals surface area contributed by atoms with Gasteiger partial charge in [-0.25, -0.2) is 8.51 Å². The molecule has 26 heavy (non-hydrogen) atoms. The first-order valence-corrected chi connectivity index (χ1v) is 10.4. The van der Waals surface area contributed by atoms with Gasteiger partial charge in [-0.05, 0) is 43.4 Å². The molecule has 1 fully saturated rings. The molecule has 138 valence electrons. The Balaban J connectivity index is 1.45. The third kappa shape index (κ3) is 5.26. The molecule has 2 aromatic rings. The molecule has 0 aromatic heterocycles. The highest BCUT2D eigenvalue weighted by Crippen LogP contribution is 2.21. The highest BCUT2D eigenvalue weighted by Gasteiger charge is 2.28. The van der Waals surface area contributed by atoms with Crippen LogP contribution in [0.2, 0.25) is 0 Å². The van der Waals surface area contributed by atoms with E-state index >= 15 is 0 Å². The van der Waals surface area contributed by atoms with Crippen LogP contribution < -0.4 is 5.32 Å². The zero-order chi connectivity index (χ0) is 18.2. The molecule has 1 aliphatic rings. The summed E-state index contributed by atoms with van der Waals surface area (Å²) in [5.41, 5.74) is 1.30. The Kier molecular flexibility index (Phi) is 6.97. The SMILES string of the molecule is O=C(NCCCc1ccccc1)C1CCCN(S(=O)c2ccccc2)C1. The van der Waals surface area contributed by atoms with Gasteiger partial charge < -0.3 is 5.32 Å². The zero-order valence-corrected chi connectivity index (χ0v) is 15.8. The van der Waals surface area contributed by atoms with E-state index in [9.17, 15) is 9.00 Å². The van der Waals surface area contributed by atoms with Crippen LogP contribution in [-0.4, -0.2) is 34.1 Å². The summed E-state index contributed by atoms with van der Waals surface area (Å²) < 4.78 is 14.6.